The number of nitriles is 1. The van der Waals surface area contributed by atoms with Gasteiger partial charge in [0.25, 0.3) is 0 Å². The third-order valence-corrected chi connectivity index (χ3v) is 2.66. The van der Waals surface area contributed by atoms with Crippen molar-refractivity contribution < 1.29 is 4.74 Å². The minimum Gasteiger partial charge on any atom is -0.455 e. The molecule has 2 aromatic rings. The maximum absolute atomic E-state index is 8.73. The molecule has 0 saturated carbocycles. The van der Waals surface area contributed by atoms with Crippen LogP contribution in [-0.4, -0.2) is 0 Å². The van der Waals surface area contributed by atoms with Crippen molar-refractivity contribution in [1.82, 2.24) is 0 Å². The van der Waals surface area contributed by atoms with Gasteiger partial charge in [0, 0.05) is 4.47 Å². The molecule has 0 fully saturated rings. The van der Waals surface area contributed by atoms with Crippen LogP contribution in [0.4, 0.5) is 5.69 Å². The first-order valence-corrected chi connectivity index (χ1v) is 5.71. The number of nitrogen functional groups attached to an aromatic ring is 1. The Morgan fingerprint density at radius 1 is 1.18 bits per heavy atom. The number of rotatable bonds is 2. The number of halogens is 1. The van der Waals surface area contributed by atoms with Crippen molar-refractivity contribution in [2.24, 2.45) is 0 Å². The molecule has 0 radical (unpaired) electrons. The molecule has 0 amide bonds. The molecule has 0 aliphatic heterocycles. The van der Waals surface area contributed by atoms with Gasteiger partial charge >= 0.3 is 0 Å². The van der Waals surface area contributed by atoms with E-state index in [0.29, 0.717) is 22.7 Å². The highest BCUT2D eigenvalue weighted by Crippen LogP contribution is 2.29. The molecule has 0 aromatic heterocycles. The molecule has 2 rings (SSSR count). The summed E-state index contributed by atoms with van der Waals surface area (Å²) in [6.45, 7) is 0. The number of benzene rings is 2. The predicted molar refractivity (Wildman–Crippen MR) is 69.8 cm³/mol. The molecule has 0 aliphatic carbocycles. The van der Waals surface area contributed by atoms with Gasteiger partial charge in [-0.3, -0.25) is 0 Å². The Hall–Kier alpha value is -1.99. The zero-order valence-corrected chi connectivity index (χ0v) is 10.4. The lowest BCUT2D eigenvalue weighted by atomic mass is 10.2. The Kier molecular flexibility index (Phi) is 3.31. The first-order valence-electron chi connectivity index (χ1n) is 4.92. The first-order chi connectivity index (χ1) is 8.19. The fourth-order valence-electron chi connectivity index (χ4n) is 1.37. The Labute approximate surface area is 108 Å². The van der Waals surface area contributed by atoms with Crippen LogP contribution in [0.5, 0.6) is 11.5 Å². The Morgan fingerprint density at radius 2 is 2.00 bits per heavy atom. The van der Waals surface area contributed by atoms with Crippen LogP contribution in [-0.2, 0) is 0 Å². The van der Waals surface area contributed by atoms with Crippen LogP contribution < -0.4 is 10.5 Å². The third kappa shape index (κ3) is 2.77. The van der Waals surface area contributed by atoms with Gasteiger partial charge in [0.1, 0.15) is 11.5 Å². The molecular weight excluding hydrogens is 280 g/mol. The molecule has 0 spiro atoms. The fraction of sp³-hybridized carbons (Fsp3) is 0. The van der Waals surface area contributed by atoms with Gasteiger partial charge in [-0.25, -0.2) is 0 Å². The summed E-state index contributed by atoms with van der Waals surface area (Å²) in [5.74, 6) is 1.23. The van der Waals surface area contributed by atoms with E-state index in [1.807, 2.05) is 30.3 Å². The van der Waals surface area contributed by atoms with Crippen molar-refractivity contribution in [2.45, 2.75) is 0 Å². The summed E-state index contributed by atoms with van der Waals surface area (Å²) < 4.78 is 6.56. The number of anilines is 1. The number of hydrogen-bond donors (Lipinski definition) is 1. The molecule has 17 heavy (non-hydrogen) atoms. The van der Waals surface area contributed by atoms with Crippen LogP contribution in [0.1, 0.15) is 5.56 Å². The summed E-state index contributed by atoms with van der Waals surface area (Å²) in [5.41, 5.74) is 6.76. The summed E-state index contributed by atoms with van der Waals surface area (Å²) in [5, 5.41) is 8.73. The van der Waals surface area contributed by atoms with Gasteiger partial charge in [-0.1, -0.05) is 22.0 Å². The normalized spacial score (nSPS) is 9.65. The lowest BCUT2D eigenvalue weighted by molar-refractivity contribution is 0.484. The molecule has 0 unspecified atom stereocenters. The molecule has 0 saturated heterocycles. The van der Waals surface area contributed by atoms with E-state index in [2.05, 4.69) is 15.9 Å². The van der Waals surface area contributed by atoms with Crippen LogP contribution in [0.3, 0.4) is 0 Å². The van der Waals surface area contributed by atoms with E-state index in [4.69, 9.17) is 15.7 Å². The lowest BCUT2D eigenvalue weighted by Gasteiger charge is -2.08. The van der Waals surface area contributed by atoms with E-state index in [1.54, 1.807) is 18.2 Å². The average Bonchev–Trinajstić information content (AvgIpc) is 2.32. The molecule has 3 nitrogen and oxygen atoms in total. The Morgan fingerprint density at radius 3 is 2.65 bits per heavy atom. The molecular formula is C13H9BrN2O. The molecule has 2 N–H and O–H groups in total. The minimum atomic E-state index is 0.448. The van der Waals surface area contributed by atoms with E-state index in [0.717, 1.165) is 4.47 Å². The van der Waals surface area contributed by atoms with Gasteiger partial charge in [-0.15, -0.1) is 0 Å². The smallest absolute Gasteiger partial charge is 0.150 e. The maximum Gasteiger partial charge on any atom is 0.150 e. The highest BCUT2D eigenvalue weighted by atomic mass is 79.9. The molecule has 0 atom stereocenters. The van der Waals surface area contributed by atoms with Crippen molar-refractivity contribution in [1.29, 1.82) is 5.26 Å². The molecule has 2 aromatic carbocycles. The zero-order valence-electron chi connectivity index (χ0n) is 8.85. The number of nitrogens with two attached hydrogens (primary N) is 1. The second kappa shape index (κ2) is 4.89. The lowest BCUT2D eigenvalue weighted by Crippen LogP contribution is -1.92. The quantitative estimate of drug-likeness (QED) is 0.858. The van der Waals surface area contributed by atoms with Gasteiger partial charge in [0.15, 0.2) is 0 Å². The van der Waals surface area contributed by atoms with E-state index < -0.39 is 0 Å². The number of nitrogens with zero attached hydrogens (tertiary/aromatic N) is 1. The summed E-state index contributed by atoms with van der Waals surface area (Å²) in [6, 6.07) is 14.4. The molecule has 0 heterocycles. The maximum atomic E-state index is 8.73. The van der Waals surface area contributed by atoms with Crippen LogP contribution >= 0.6 is 15.9 Å². The largest absolute Gasteiger partial charge is 0.455 e. The molecule has 4 heteroatoms. The second-order valence-corrected chi connectivity index (χ2v) is 4.34. The standard InChI is InChI=1S/C13H9BrN2O/c14-10-2-1-3-11(7-10)17-13-5-4-9(8-15)6-12(13)16/h1-7H,16H2. The second-order valence-electron chi connectivity index (χ2n) is 3.42. The zero-order chi connectivity index (χ0) is 12.3. The van der Waals surface area contributed by atoms with E-state index in [1.165, 1.54) is 0 Å². The van der Waals surface area contributed by atoms with Crippen molar-refractivity contribution in [3.63, 3.8) is 0 Å². The van der Waals surface area contributed by atoms with Gasteiger partial charge < -0.3 is 10.5 Å². The third-order valence-electron chi connectivity index (χ3n) is 2.16. The van der Waals surface area contributed by atoms with E-state index in [-0.39, 0.29) is 0 Å². The van der Waals surface area contributed by atoms with Crippen LogP contribution in [0, 0.1) is 11.3 Å². The van der Waals surface area contributed by atoms with Crippen LogP contribution in [0.2, 0.25) is 0 Å². The SMILES string of the molecule is N#Cc1ccc(Oc2cccc(Br)c2)c(N)c1. The number of ether oxygens (including phenoxy) is 1. The summed E-state index contributed by atoms with van der Waals surface area (Å²) in [4.78, 5) is 0. The summed E-state index contributed by atoms with van der Waals surface area (Å²) >= 11 is 3.36. The summed E-state index contributed by atoms with van der Waals surface area (Å²) in [7, 11) is 0. The highest BCUT2D eigenvalue weighted by Gasteiger charge is 2.03. The van der Waals surface area contributed by atoms with Gasteiger partial charge in [-0.2, -0.15) is 5.26 Å². The highest BCUT2D eigenvalue weighted by molar-refractivity contribution is 9.10. The van der Waals surface area contributed by atoms with Crippen molar-refractivity contribution in [2.75, 3.05) is 5.73 Å². The minimum absolute atomic E-state index is 0.448. The van der Waals surface area contributed by atoms with E-state index >= 15 is 0 Å². The van der Waals surface area contributed by atoms with Crippen LogP contribution in [0.25, 0.3) is 0 Å². The first kappa shape index (κ1) is 11.5. The van der Waals surface area contributed by atoms with Crippen molar-refractivity contribution in [3.8, 4) is 17.6 Å². The van der Waals surface area contributed by atoms with Crippen molar-refractivity contribution in [3.05, 3.63) is 52.5 Å². The Balaban J connectivity index is 2.28. The number of hydrogen-bond acceptors (Lipinski definition) is 3. The summed E-state index contributed by atoms with van der Waals surface area (Å²) in [6.07, 6.45) is 0. The molecule has 0 aliphatic rings. The topological polar surface area (TPSA) is 59.0 Å². The molecule has 0 bridgehead atoms. The average molecular weight is 289 g/mol. The van der Waals surface area contributed by atoms with Gasteiger partial charge in [0.2, 0.25) is 0 Å². The fourth-order valence-corrected chi connectivity index (χ4v) is 1.75. The molecule has 84 valence electrons. The van der Waals surface area contributed by atoms with Crippen molar-refractivity contribution >= 4 is 21.6 Å². The predicted octanol–water partition coefficient (Wildman–Crippen LogP) is 3.70. The Bertz CT molecular complexity index is 590. The van der Waals surface area contributed by atoms with Gasteiger partial charge in [0.05, 0.1) is 17.3 Å². The van der Waals surface area contributed by atoms with Gasteiger partial charge in [-0.05, 0) is 36.4 Å². The van der Waals surface area contributed by atoms with E-state index in [9.17, 15) is 0 Å². The van der Waals surface area contributed by atoms with Crippen LogP contribution in [0.15, 0.2) is 46.9 Å². The monoisotopic (exact) mass is 288 g/mol.